The number of hydrogen-bond donors (Lipinski definition) is 1. The summed E-state index contributed by atoms with van der Waals surface area (Å²) >= 11 is 0. The highest BCUT2D eigenvalue weighted by molar-refractivity contribution is 5.95. The number of carbonyl (C=O) groups excluding carboxylic acids is 1. The molecular weight excluding hydrogens is 290 g/mol. The SMILES string of the molecule is CCn1nncc1CNC(C)c1ccc(N2CCCC2=O)cc1. The van der Waals surface area contributed by atoms with Crippen LogP contribution in [0.25, 0.3) is 0 Å². The lowest BCUT2D eigenvalue weighted by molar-refractivity contribution is -0.117. The Morgan fingerprint density at radius 2 is 2.09 bits per heavy atom. The van der Waals surface area contributed by atoms with Gasteiger partial charge in [0.2, 0.25) is 5.91 Å². The van der Waals surface area contributed by atoms with E-state index in [0.717, 1.165) is 37.4 Å². The fourth-order valence-electron chi connectivity index (χ4n) is 2.92. The summed E-state index contributed by atoms with van der Waals surface area (Å²) < 4.78 is 1.89. The normalized spacial score (nSPS) is 16.1. The van der Waals surface area contributed by atoms with Crippen molar-refractivity contribution in [2.45, 2.75) is 45.8 Å². The van der Waals surface area contributed by atoms with Crippen molar-refractivity contribution in [3.05, 3.63) is 41.7 Å². The second-order valence-electron chi connectivity index (χ2n) is 5.88. The Hall–Kier alpha value is -2.21. The number of benzene rings is 1. The van der Waals surface area contributed by atoms with Crippen molar-refractivity contribution < 1.29 is 4.79 Å². The van der Waals surface area contributed by atoms with E-state index in [-0.39, 0.29) is 11.9 Å². The molecule has 1 saturated heterocycles. The first-order valence-corrected chi connectivity index (χ1v) is 8.20. The number of anilines is 1. The summed E-state index contributed by atoms with van der Waals surface area (Å²) in [6.07, 6.45) is 3.42. The lowest BCUT2D eigenvalue weighted by atomic mass is 10.1. The van der Waals surface area contributed by atoms with Crippen molar-refractivity contribution in [1.29, 1.82) is 0 Å². The van der Waals surface area contributed by atoms with E-state index in [0.29, 0.717) is 6.42 Å². The van der Waals surface area contributed by atoms with Gasteiger partial charge in [-0.15, -0.1) is 5.10 Å². The molecule has 1 aliphatic heterocycles. The van der Waals surface area contributed by atoms with Gasteiger partial charge in [0.15, 0.2) is 0 Å². The van der Waals surface area contributed by atoms with Crippen LogP contribution < -0.4 is 10.2 Å². The molecule has 0 aliphatic carbocycles. The highest BCUT2D eigenvalue weighted by Gasteiger charge is 2.21. The van der Waals surface area contributed by atoms with E-state index in [1.54, 1.807) is 6.20 Å². The molecule has 23 heavy (non-hydrogen) atoms. The maximum Gasteiger partial charge on any atom is 0.227 e. The zero-order valence-corrected chi connectivity index (χ0v) is 13.7. The number of aromatic nitrogens is 3. The summed E-state index contributed by atoms with van der Waals surface area (Å²) in [5.74, 6) is 0.226. The van der Waals surface area contributed by atoms with Crippen molar-refractivity contribution in [1.82, 2.24) is 20.3 Å². The molecule has 1 aromatic heterocycles. The quantitative estimate of drug-likeness (QED) is 0.888. The van der Waals surface area contributed by atoms with Crippen LogP contribution in [0.2, 0.25) is 0 Å². The fourth-order valence-corrected chi connectivity index (χ4v) is 2.92. The van der Waals surface area contributed by atoms with Gasteiger partial charge in [-0.3, -0.25) is 4.79 Å². The summed E-state index contributed by atoms with van der Waals surface area (Å²) in [5, 5.41) is 11.5. The van der Waals surface area contributed by atoms with E-state index < -0.39 is 0 Å². The van der Waals surface area contributed by atoms with Gasteiger partial charge in [0.25, 0.3) is 0 Å². The van der Waals surface area contributed by atoms with E-state index in [2.05, 4.69) is 41.6 Å². The third-order valence-corrected chi connectivity index (χ3v) is 4.36. The molecule has 0 bridgehead atoms. The molecule has 2 aromatic rings. The summed E-state index contributed by atoms with van der Waals surface area (Å²) in [6, 6.07) is 8.48. The fraction of sp³-hybridized carbons (Fsp3) is 0.471. The van der Waals surface area contributed by atoms with Gasteiger partial charge >= 0.3 is 0 Å². The van der Waals surface area contributed by atoms with Crippen LogP contribution >= 0.6 is 0 Å². The monoisotopic (exact) mass is 313 g/mol. The molecule has 0 spiro atoms. The summed E-state index contributed by atoms with van der Waals surface area (Å²) in [4.78, 5) is 13.7. The molecule has 1 fully saturated rings. The Kier molecular flexibility index (Phi) is 4.71. The maximum absolute atomic E-state index is 11.8. The van der Waals surface area contributed by atoms with Gasteiger partial charge in [0, 0.05) is 37.8 Å². The predicted molar refractivity (Wildman–Crippen MR) is 89.0 cm³/mol. The van der Waals surface area contributed by atoms with Crippen molar-refractivity contribution in [3.8, 4) is 0 Å². The van der Waals surface area contributed by atoms with Crippen molar-refractivity contribution in [2.75, 3.05) is 11.4 Å². The number of nitrogens with zero attached hydrogens (tertiary/aromatic N) is 4. The first-order chi connectivity index (χ1) is 11.2. The molecule has 1 unspecified atom stereocenters. The number of hydrogen-bond acceptors (Lipinski definition) is 4. The molecule has 0 saturated carbocycles. The second kappa shape index (κ2) is 6.91. The van der Waals surface area contributed by atoms with Gasteiger partial charge in [-0.25, -0.2) is 4.68 Å². The minimum absolute atomic E-state index is 0.221. The zero-order chi connectivity index (χ0) is 16.2. The molecule has 6 nitrogen and oxygen atoms in total. The van der Waals surface area contributed by atoms with Gasteiger partial charge in [-0.05, 0) is 38.0 Å². The average Bonchev–Trinajstić information content (AvgIpc) is 3.21. The Morgan fingerprint density at radius 3 is 2.74 bits per heavy atom. The van der Waals surface area contributed by atoms with Gasteiger partial charge in [0.05, 0.1) is 11.9 Å². The van der Waals surface area contributed by atoms with E-state index in [4.69, 9.17) is 0 Å². The summed E-state index contributed by atoms with van der Waals surface area (Å²) in [7, 11) is 0. The van der Waals surface area contributed by atoms with Crippen LogP contribution in [-0.2, 0) is 17.9 Å². The maximum atomic E-state index is 11.8. The number of rotatable bonds is 6. The van der Waals surface area contributed by atoms with Crippen molar-refractivity contribution in [2.24, 2.45) is 0 Å². The third-order valence-electron chi connectivity index (χ3n) is 4.36. The lowest BCUT2D eigenvalue weighted by Crippen LogP contribution is -2.24. The first-order valence-electron chi connectivity index (χ1n) is 8.20. The highest BCUT2D eigenvalue weighted by Crippen LogP contribution is 2.23. The number of aryl methyl sites for hydroxylation is 1. The molecule has 1 N–H and O–H groups in total. The Morgan fingerprint density at radius 1 is 1.30 bits per heavy atom. The standard InChI is InChI=1S/C17H23N5O/c1-3-22-16(12-19-20-22)11-18-13(2)14-6-8-15(9-7-14)21-10-4-5-17(21)23/h6-9,12-13,18H,3-5,10-11H2,1-2H3. The first kappa shape index (κ1) is 15.7. The largest absolute Gasteiger partial charge is 0.312 e. The smallest absolute Gasteiger partial charge is 0.227 e. The molecule has 0 radical (unpaired) electrons. The van der Waals surface area contributed by atoms with Crippen molar-refractivity contribution >= 4 is 11.6 Å². The van der Waals surface area contributed by atoms with Crippen LogP contribution in [0.4, 0.5) is 5.69 Å². The van der Waals surface area contributed by atoms with Crippen LogP contribution in [-0.4, -0.2) is 27.4 Å². The molecule has 1 aliphatic rings. The van der Waals surface area contributed by atoms with E-state index in [9.17, 15) is 4.79 Å². The van der Waals surface area contributed by atoms with Crippen molar-refractivity contribution in [3.63, 3.8) is 0 Å². The predicted octanol–water partition coefficient (Wildman–Crippen LogP) is 2.28. The molecule has 1 amide bonds. The minimum atomic E-state index is 0.221. The topological polar surface area (TPSA) is 63.1 Å². The van der Waals surface area contributed by atoms with Gasteiger partial charge in [-0.1, -0.05) is 17.3 Å². The highest BCUT2D eigenvalue weighted by atomic mass is 16.2. The molecule has 6 heteroatoms. The molecule has 1 atom stereocenters. The van der Waals surface area contributed by atoms with Crippen LogP contribution in [0.3, 0.4) is 0 Å². The van der Waals surface area contributed by atoms with Crippen LogP contribution in [0.5, 0.6) is 0 Å². The number of carbonyl (C=O) groups is 1. The summed E-state index contributed by atoms with van der Waals surface area (Å²) in [6.45, 7) is 6.58. The van der Waals surface area contributed by atoms with Gasteiger partial charge in [0.1, 0.15) is 0 Å². The lowest BCUT2D eigenvalue weighted by Gasteiger charge is -2.18. The molecule has 122 valence electrons. The third kappa shape index (κ3) is 3.42. The molecule has 1 aromatic carbocycles. The Bertz CT molecular complexity index is 664. The number of nitrogens with one attached hydrogen (secondary N) is 1. The zero-order valence-electron chi connectivity index (χ0n) is 13.7. The second-order valence-corrected chi connectivity index (χ2v) is 5.88. The van der Waals surface area contributed by atoms with Crippen LogP contribution in [0.15, 0.2) is 30.5 Å². The van der Waals surface area contributed by atoms with Gasteiger partial charge in [-0.2, -0.15) is 0 Å². The van der Waals surface area contributed by atoms with Crippen LogP contribution in [0, 0.1) is 0 Å². The van der Waals surface area contributed by atoms with Crippen LogP contribution in [0.1, 0.15) is 44.0 Å². The number of amides is 1. The Balaban J connectivity index is 1.61. The molecule has 2 heterocycles. The van der Waals surface area contributed by atoms with E-state index >= 15 is 0 Å². The minimum Gasteiger partial charge on any atom is -0.312 e. The molecule has 3 rings (SSSR count). The average molecular weight is 313 g/mol. The summed E-state index contributed by atoms with van der Waals surface area (Å²) in [5.41, 5.74) is 3.28. The molecular formula is C17H23N5O. The Labute approximate surface area is 136 Å². The van der Waals surface area contributed by atoms with E-state index in [1.807, 2.05) is 21.7 Å². The van der Waals surface area contributed by atoms with E-state index in [1.165, 1.54) is 5.56 Å². The van der Waals surface area contributed by atoms with Gasteiger partial charge < -0.3 is 10.2 Å².